The molecule has 0 saturated heterocycles. The number of nitrogens with zero attached hydrogens (tertiary/aromatic N) is 2. The van der Waals surface area contributed by atoms with Crippen LogP contribution >= 0.6 is 0 Å². The lowest BCUT2D eigenvalue weighted by atomic mass is 10.1. The Morgan fingerprint density at radius 3 is 2.45 bits per heavy atom. The zero-order valence-electron chi connectivity index (χ0n) is 17.8. The normalized spacial score (nSPS) is 10.5. The van der Waals surface area contributed by atoms with Crippen LogP contribution in [0.15, 0.2) is 65.5 Å². The molecule has 0 bridgehead atoms. The summed E-state index contributed by atoms with van der Waals surface area (Å²) in [5, 5.41) is 7.31. The van der Waals surface area contributed by atoms with Crippen molar-refractivity contribution in [3.63, 3.8) is 0 Å². The molecule has 31 heavy (non-hydrogen) atoms. The fourth-order valence-corrected chi connectivity index (χ4v) is 3.11. The number of ether oxygens (including phenoxy) is 2. The number of nitrogens with one attached hydrogen (secondary N) is 1. The lowest BCUT2D eigenvalue weighted by Crippen LogP contribution is -2.23. The van der Waals surface area contributed by atoms with Gasteiger partial charge in [0.1, 0.15) is 11.5 Å². The highest BCUT2D eigenvalue weighted by atomic mass is 16.5. The molecule has 0 spiro atoms. The Balaban J connectivity index is 1.60. The first-order chi connectivity index (χ1) is 15.1. The molecule has 0 atom stereocenters. The van der Waals surface area contributed by atoms with Crippen molar-refractivity contribution < 1.29 is 14.3 Å². The zero-order chi connectivity index (χ0) is 22.1. The number of anilines is 1. The molecule has 1 N–H and O–H groups in total. The molecule has 0 unspecified atom stereocenters. The number of benzene rings is 2. The summed E-state index contributed by atoms with van der Waals surface area (Å²) >= 11 is 0. The average Bonchev–Trinajstić information content (AvgIpc) is 2.77. The first-order valence-electron chi connectivity index (χ1n) is 10.4. The Labute approximate surface area is 181 Å². The van der Waals surface area contributed by atoms with Gasteiger partial charge in [-0.05, 0) is 62.7 Å². The second-order valence-corrected chi connectivity index (χ2v) is 6.82. The summed E-state index contributed by atoms with van der Waals surface area (Å²) < 4.78 is 12.4. The lowest BCUT2D eigenvalue weighted by Gasteiger charge is -2.11. The van der Waals surface area contributed by atoms with Crippen LogP contribution in [0.5, 0.6) is 11.5 Å². The molecule has 7 heteroatoms. The Morgan fingerprint density at radius 1 is 0.968 bits per heavy atom. The molecule has 0 aliphatic rings. The Hall–Kier alpha value is -3.61. The van der Waals surface area contributed by atoms with Crippen molar-refractivity contribution in [1.29, 1.82) is 0 Å². The molecular formula is C24H27N3O4. The Morgan fingerprint density at radius 2 is 1.71 bits per heavy atom. The van der Waals surface area contributed by atoms with Gasteiger partial charge in [-0.3, -0.25) is 9.59 Å². The minimum absolute atomic E-state index is 0.136. The number of aromatic nitrogens is 2. The third-order valence-corrected chi connectivity index (χ3v) is 4.56. The lowest BCUT2D eigenvalue weighted by molar-refractivity contribution is -0.116. The number of carbonyl (C=O) groups excluding carboxylic acids is 1. The number of hydrogen-bond acceptors (Lipinski definition) is 5. The highest BCUT2D eigenvalue weighted by molar-refractivity contribution is 5.92. The Bertz CT molecular complexity index is 1060. The first-order valence-corrected chi connectivity index (χ1v) is 10.4. The van der Waals surface area contributed by atoms with Crippen molar-refractivity contribution in [3.05, 3.63) is 71.0 Å². The fraction of sp³-hybridized carbons (Fsp3) is 0.292. The summed E-state index contributed by atoms with van der Waals surface area (Å²) in [6, 6.07) is 18.1. The summed E-state index contributed by atoms with van der Waals surface area (Å²) in [5.41, 5.74) is 2.03. The van der Waals surface area contributed by atoms with Crippen molar-refractivity contribution in [2.24, 2.45) is 0 Å². The number of rotatable bonds is 10. The maximum absolute atomic E-state index is 12.3. The molecule has 0 aliphatic carbocycles. The van der Waals surface area contributed by atoms with Gasteiger partial charge in [0.05, 0.1) is 24.6 Å². The van der Waals surface area contributed by atoms with Crippen molar-refractivity contribution in [2.45, 2.75) is 33.2 Å². The molecule has 1 amide bonds. The molecule has 0 radical (unpaired) electrons. The van der Waals surface area contributed by atoms with Crippen LogP contribution < -0.4 is 20.3 Å². The van der Waals surface area contributed by atoms with Crippen LogP contribution in [0.3, 0.4) is 0 Å². The van der Waals surface area contributed by atoms with Gasteiger partial charge >= 0.3 is 0 Å². The molecule has 1 aromatic heterocycles. The van der Waals surface area contributed by atoms with E-state index in [1.54, 1.807) is 12.1 Å². The molecule has 3 aromatic rings. The molecule has 162 valence electrons. The van der Waals surface area contributed by atoms with Crippen LogP contribution in [0.2, 0.25) is 0 Å². The smallest absolute Gasteiger partial charge is 0.266 e. The van der Waals surface area contributed by atoms with Gasteiger partial charge in [-0.15, -0.1) is 0 Å². The van der Waals surface area contributed by atoms with E-state index in [0.717, 1.165) is 11.3 Å². The summed E-state index contributed by atoms with van der Waals surface area (Å²) in [6.07, 6.45) is 0.754. The van der Waals surface area contributed by atoms with Gasteiger partial charge in [0, 0.05) is 24.6 Å². The first kappa shape index (κ1) is 22.1. The molecular weight excluding hydrogens is 394 g/mol. The van der Waals surface area contributed by atoms with E-state index in [4.69, 9.17) is 9.47 Å². The summed E-state index contributed by atoms with van der Waals surface area (Å²) in [5.74, 6) is 1.29. The third kappa shape index (κ3) is 6.18. The minimum Gasteiger partial charge on any atom is -0.494 e. The van der Waals surface area contributed by atoms with Crippen LogP contribution in [0.25, 0.3) is 11.3 Å². The summed E-state index contributed by atoms with van der Waals surface area (Å²) in [6.45, 7) is 5.30. The maximum atomic E-state index is 12.3. The molecule has 7 nitrogen and oxygen atoms in total. The van der Waals surface area contributed by atoms with Gasteiger partial charge in [0.2, 0.25) is 5.91 Å². The Kier molecular flexibility index (Phi) is 7.81. The molecule has 1 heterocycles. The van der Waals surface area contributed by atoms with E-state index in [0.29, 0.717) is 43.3 Å². The topological polar surface area (TPSA) is 82.5 Å². The van der Waals surface area contributed by atoms with E-state index < -0.39 is 0 Å². The number of amides is 1. The molecule has 0 saturated carbocycles. The predicted octanol–water partition coefficient (Wildman–Crippen LogP) is 4.13. The summed E-state index contributed by atoms with van der Waals surface area (Å²) in [4.78, 5) is 24.5. The van der Waals surface area contributed by atoms with E-state index in [2.05, 4.69) is 10.4 Å². The second-order valence-electron chi connectivity index (χ2n) is 6.82. The van der Waals surface area contributed by atoms with E-state index in [9.17, 15) is 9.59 Å². The van der Waals surface area contributed by atoms with Gasteiger partial charge in [-0.1, -0.05) is 12.1 Å². The molecule has 0 aliphatic heterocycles. The number of hydrogen-bond donors (Lipinski definition) is 1. The largest absolute Gasteiger partial charge is 0.494 e. The summed E-state index contributed by atoms with van der Waals surface area (Å²) in [7, 11) is 0. The van der Waals surface area contributed by atoms with Crippen LogP contribution in [0.1, 0.15) is 26.7 Å². The fourth-order valence-electron chi connectivity index (χ4n) is 3.11. The zero-order valence-corrected chi connectivity index (χ0v) is 17.8. The van der Waals surface area contributed by atoms with Gasteiger partial charge in [0.25, 0.3) is 5.56 Å². The van der Waals surface area contributed by atoms with Crippen molar-refractivity contribution >= 4 is 11.6 Å². The monoisotopic (exact) mass is 421 g/mol. The van der Waals surface area contributed by atoms with Crippen molar-refractivity contribution in [1.82, 2.24) is 9.78 Å². The van der Waals surface area contributed by atoms with E-state index in [1.165, 1.54) is 10.7 Å². The third-order valence-electron chi connectivity index (χ3n) is 4.56. The average molecular weight is 421 g/mol. The number of para-hydroxylation sites is 2. The number of carbonyl (C=O) groups is 1. The van der Waals surface area contributed by atoms with Crippen LogP contribution in [-0.4, -0.2) is 28.9 Å². The van der Waals surface area contributed by atoms with E-state index in [1.807, 2.05) is 56.3 Å². The minimum atomic E-state index is -0.197. The van der Waals surface area contributed by atoms with Crippen LogP contribution in [0.4, 0.5) is 5.69 Å². The molecule has 3 rings (SSSR count). The van der Waals surface area contributed by atoms with Crippen LogP contribution in [0, 0.1) is 0 Å². The van der Waals surface area contributed by atoms with Gasteiger partial charge < -0.3 is 14.8 Å². The second kappa shape index (κ2) is 11.0. The predicted molar refractivity (Wildman–Crippen MR) is 121 cm³/mol. The molecule has 2 aromatic carbocycles. The maximum Gasteiger partial charge on any atom is 0.266 e. The van der Waals surface area contributed by atoms with Crippen LogP contribution in [-0.2, 0) is 11.3 Å². The van der Waals surface area contributed by atoms with E-state index >= 15 is 0 Å². The van der Waals surface area contributed by atoms with Gasteiger partial charge in [0.15, 0.2) is 0 Å². The van der Waals surface area contributed by atoms with Crippen molar-refractivity contribution in [3.8, 4) is 22.8 Å². The number of aryl methyl sites for hydroxylation is 1. The highest BCUT2D eigenvalue weighted by Gasteiger charge is 2.09. The quantitative estimate of drug-likeness (QED) is 0.532. The standard InChI is InChI=1S/C24H27N3O4/c1-3-30-19-13-11-18(12-14-19)20-15-16-24(29)27(26-20)17-7-10-23(28)25-21-8-5-6-9-22(21)31-4-2/h5-6,8-9,11-16H,3-4,7,10,17H2,1-2H3,(H,25,28). The van der Waals surface area contributed by atoms with E-state index in [-0.39, 0.29) is 17.9 Å². The van der Waals surface area contributed by atoms with Gasteiger partial charge in [-0.25, -0.2) is 4.68 Å². The molecule has 0 fully saturated rings. The van der Waals surface area contributed by atoms with Crippen molar-refractivity contribution in [2.75, 3.05) is 18.5 Å². The SMILES string of the molecule is CCOc1ccc(-c2ccc(=O)n(CCCC(=O)Nc3ccccc3OCC)n2)cc1. The van der Waals surface area contributed by atoms with Gasteiger partial charge in [-0.2, -0.15) is 5.10 Å². The highest BCUT2D eigenvalue weighted by Crippen LogP contribution is 2.24.